The van der Waals surface area contributed by atoms with Gasteiger partial charge in [0.15, 0.2) is 0 Å². The minimum absolute atomic E-state index is 0.0516. The number of esters is 1. The van der Waals surface area contributed by atoms with Crippen LogP contribution in [-0.2, 0) is 11.2 Å². The van der Waals surface area contributed by atoms with Crippen molar-refractivity contribution >= 4 is 17.6 Å². The van der Waals surface area contributed by atoms with Crippen LogP contribution in [0, 0.1) is 0 Å². The molecule has 0 saturated heterocycles. The molecular formula is C19H17NO3. The lowest BCUT2D eigenvalue weighted by atomic mass is 10.0. The summed E-state index contributed by atoms with van der Waals surface area (Å²) in [7, 11) is 1.36. The highest BCUT2D eigenvalue weighted by Gasteiger charge is 2.21. The van der Waals surface area contributed by atoms with E-state index < -0.39 is 0 Å². The molecule has 1 amide bonds. The average Bonchev–Trinajstić information content (AvgIpc) is 2.83. The van der Waals surface area contributed by atoms with E-state index in [1.54, 1.807) is 29.2 Å². The molecule has 0 atom stereocenters. The molecule has 0 bridgehead atoms. The van der Waals surface area contributed by atoms with Gasteiger partial charge in [0, 0.05) is 17.8 Å². The average molecular weight is 307 g/mol. The molecule has 2 aromatic rings. The molecule has 0 fully saturated rings. The summed E-state index contributed by atoms with van der Waals surface area (Å²) in [6.07, 6.45) is 4.66. The summed E-state index contributed by atoms with van der Waals surface area (Å²) in [5, 5.41) is 0. The number of amides is 1. The predicted octanol–water partition coefficient (Wildman–Crippen LogP) is 3.23. The third-order valence-corrected chi connectivity index (χ3v) is 3.85. The van der Waals surface area contributed by atoms with E-state index >= 15 is 0 Å². The van der Waals surface area contributed by atoms with Gasteiger partial charge in [-0.2, -0.15) is 0 Å². The second-order valence-electron chi connectivity index (χ2n) is 5.29. The van der Waals surface area contributed by atoms with Crippen molar-refractivity contribution < 1.29 is 14.3 Å². The Morgan fingerprint density at radius 2 is 1.78 bits per heavy atom. The Labute approximate surface area is 135 Å². The quantitative estimate of drug-likeness (QED) is 0.632. The Balaban J connectivity index is 2.00. The van der Waals surface area contributed by atoms with Gasteiger partial charge in [-0.3, -0.25) is 4.79 Å². The molecule has 1 aliphatic rings. The summed E-state index contributed by atoms with van der Waals surface area (Å²) >= 11 is 0. The van der Waals surface area contributed by atoms with Gasteiger partial charge in [-0.25, -0.2) is 4.79 Å². The maximum absolute atomic E-state index is 12.8. The predicted molar refractivity (Wildman–Crippen MR) is 88.7 cm³/mol. The molecule has 23 heavy (non-hydrogen) atoms. The number of hydrogen-bond acceptors (Lipinski definition) is 3. The second-order valence-corrected chi connectivity index (χ2v) is 5.29. The second kappa shape index (κ2) is 6.48. The molecule has 0 saturated carbocycles. The molecular weight excluding hydrogens is 290 g/mol. The first-order valence-electron chi connectivity index (χ1n) is 7.44. The normalized spacial score (nSPS) is 13.2. The van der Waals surface area contributed by atoms with Crippen molar-refractivity contribution in [2.45, 2.75) is 6.42 Å². The maximum atomic E-state index is 12.8. The number of carbonyl (C=O) groups excluding carboxylic acids is 2. The van der Waals surface area contributed by atoms with E-state index in [1.165, 1.54) is 7.11 Å². The van der Waals surface area contributed by atoms with Gasteiger partial charge in [-0.05, 0) is 42.3 Å². The van der Waals surface area contributed by atoms with E-state index in [9.17, 15) is 9.59 Å². The van der Waals surface area contributed by atoms with Crippen LogP contribution >= 0.6 is 0 Å². The number of allylic oxidation sites excluding steroid dienone is 1. The summed E-state index contributed by atoms with van der Waals surface area (Å²) in [6.45, 7) is 0.512. The summed E-state index contributed by atoms with van der Waals surface area (Å²) < 4.78 is 4.76. The standard InChI is InChI=1S/C19H17NO3/c1-23-19(22)16-10-11-17-15(13-16)9-5-6-12-20(17)18(21)14-7-3-2-4-8-14/h2-8,10-11,13H,9,12H2,1H3. The number of nitrogens with zero attached hydrogens (tertiary/aromatic N) is 1. The molecule has 1 heterocycles. The first-order chi connectivity index (χ1) is 11.2. The minimum atomic E-state index is -0.373. The highest BCUT2D eigenvalue weighted by Crippen LogP contribution is 2.27. The van der Waals surface area contributed by atoms with Crippen LogP contribution in [0.3, 0.4) is 0 Å². The molecule has 2 aromatic carbocycles. The fraction of sp³-hybridized carbons (Fsp3) is 0.158. The number of benzene rings is 2. The molecule has 0 unspecified atom stereocenters. The van der Waals surface area contributed by atoms with Crippen LogP contribution in [0.2, 0.25) is 0 Å². The Morgan fingerprint density at radius 3 is 2.52 bits per heavy atom. The van der Waals surface area contributed by atoms with Crippen molar-refractivity contribution in [1.82, 2.24) is 0 Å². The Bertz CT molecular complexity index is 765. The van der Waals surface area contributed by atoms with Crippen molar-refractivity contribution in [3.63, 3.8) is 0 Å². The summed E-state index contributed by atoms with van der Waals surface area (Å²) in [6, 6.07) is 14.5. The van der Waals surface area contributed by atoms with E-state index in [-0.39, 0.29) is 11.9 Å². The molecule has 0 aromatic heterocycles. The van der Waals surface area contributed by atoms with Crippen molar-refractivity contribution in [2.24, 2.45) is 0 Å². The van der Waals surface area contributed by atoms with E-state index in [1.807, 2.05) is 36.4 Å². The van der Waals surface area contributed by atoms with Gasteiger partial charge in [0.2, 0.25) is 0 Å². The van der Waals surface area contributed by atoms with Gasteiger partial charge in [-0.1, -0.05) is 30.4 Å². The Kier molecular flexibility index (Phi) is 4.24. The summed E-state index contributed by atoms with van der Waals surface area (Å²) in [5.74, 6) is -0.425. The highest BCUT2D eigenvalue weighted by atomic mass is 16.5. The molecule has 0 spiro atoms. The number of anilines is 1. The molecule has 116 valence electrons. The molecule has 3 rings (SSSR count). The lowest BCUT2D eigenvalue weighted by molar-refractivity contribution is 0.0600. The SMILES string of the molecule is COC(=O)c1ccc2c(c1)CC=CCN2C(=O)c1ccccc1. The van der Waals surface area contributed by atoms with Crippen LogP contribution in [0.5, 0.6) is 0 Å². The third kappa shape index (κ3) is 3.01. The highest BCUT2D eigenvalue weighted by molar-refractivity contribution is 6.07. The molecule has 4 nitrogen and oxygen atoms in total. The Hall–Kier alpha value is -2.88. The van der Waals surface area contributed by atoms with Crippen LogP contribution in [0.15, 0.2) is 60.7 Å². The zero-order valence-electron chi connectivity index (χ0n) is 12.9. The molecule has 0 radical (unpaired) electrons. The molecule has 4 heteroatoms. The number of methoxy groups -OCH3 is 1. The number of rotatable bonds is 2. The largest absolute Gasteiger partial charge is 0.465 e. The lowest BCUT2D eigenvalue weighted by Gasteiger charge is -2.23. The van der Waals surface area contributed by atoms with Crippen LogP contribution in [-0.4, -0.2) is 25.5 Å². The van der Waals surface area contributed by atoms with E-state index in [2.05, 4.69) is 0 Å². The first-order valence-corrected chi connectivity index (χ1v) is 7.44. The van der Waals surface area contributed by atoms with Crippen molar-refractivity contribution in [1.29, 1.82) is 0 Å². The zero-order valence-corrected chi connectivity index (χ0v) is 12.9. The van der Waals surface area contributed by atoms with Gasteiger partial charge >= 0.3 is 5.97 Å². The number of hydrogen-bond donors (Lipinski definition) is 0. The van der Waals surface area contributed by atoms with Gasteiger partial charge in [-0.15, -0.1) is 0 Å². The van der Waals surface area contributed by atoms with Crippen LogP contribution in [0.4, 0.5) is 5.69 Å². The number of ether oxygens (including phenoxy) is 1. The number of fused-ring (bicyclic) bond motifs is 1. The van der Waals surface area contributed by atoms with Crippen molar-refractivity contribution in [2.75, 3.05) is 18.6 Å². The van der Waals surface area contributed by atoms with Crippen LogP contribution in [0.25, 0.3) is 0 Å². The van der Waals surface area contributed by atoms with Gasteiger partial charge in [0.05, 0.1) is 12.7 Å². The fourth-order valence-electron chi connectivity index (χ4n) is 2.67. The third-order valence-electron chi connectivity index (χ3n) is 3.85. The van der Waals surface area contributed by atoms with Crippen LogP contribution in [0.1, 0.15) is 26.3 Å². The van der Waals surface area contributed by atoms with Crippen LogP contribution < -0.4 is 4.90 Å². The van der Waals surface area contributed by atoms with E-state index in [0.29, 0.717) is 24.1 Å². The van der Waals surface area contributed by atoms with E-state index in [4.69, 9.17) is 4.74 Å². The summed E-state index contributed by atoms with van der Waals surface area (Å²) in [4.78, 5) is 26.2. The van der Waals surface area contributed by atoms with Crippen molar-refractivity contribution in [3.05, 3.63) is 77.4 Å². The minimum Gasteiger partial charge on any atom is -0.465 e. The molecule has 1 aliphatic heterocycles. The maximum Gasteiger partial charge on any atom is 0.337 e. The smallest absolute Gasteiger partial charge is 0.337 e. The number of carbonyl (C=O) groups is 2. The topological polar surface area (TPSA) is 46.6 Å². The molecule has 0 N–H and O–H groups in total. The van der Waals surface area contributed by atoms with E-state index in [0.717, 1.165) is 11.3 Å². The monoisotopic (exact) mass is 307 g/mol. The lowest BCUT2D eigenvalue weighted by Crippen LogP contribution is -2.31. The first kappa shape index (κ1) is 15.0. The van der Waals surface area contributed by atoms with Crippen molar-refractivity contribution in [3.8, 4) is 0 Å². The zero-order chi connectivity index (χ0) is 16.2. The van der Waals surface area contributed by atoms with Gasteiger partial charge in [0.1, 0.15) is 0 Å². The summed E-state index contributed by atoms with van der Waals surface area (Å²) in [5.41, 5.74) is 2.90. The Morgan fingerprint density at radius 1 is 1.00 bits per heavy atom. The van der Waals surface area contributed by atoms with Gasteiger partial charge in [0.25, 0.3) is 5.91 Å². The molecule has 0 aliphatic carbocycles. The van der Waals surface area contributed by atoms with Gasteiger partial charge < -0.3 is 9.64 Å². The fourth-order valence-corrected chi connectivity index (χ4v) is 2.67.